The average Bonchev–Trinajstić information content (AvgIpc) is 3.31. The van der Waals surface area contributed by atoms with Gasteiger partial charge in [0.2, 0.25) is 0 Å². The summed E-state index contributed by atoms with van der Waals surface area (Å²) in [7, 11) is -2.96. The lowest BCUT2D eigenvalue weighted by Crippen LogP contribution is -2.20. The number of hydrogen-bond acceptors (Lipinski definition) is 2. The molecule has 0 saturated carbocycles. The van der Waals surface area contributed by atoms with Crippen molar-refractivity contribution in [2.24, 2.45) is 0 Å². The molecule has 5 aromatic rings. The molecular formula is C29H23N2OP. The SMILES string of the molecule is Cc1nn(-c2ccccc2)c(C)c1-c1ccc2c(c1)P(=O)(c1ccccc1)c1ccccc1-2. The first-order valence-electron chi connectivity index (χ1n) is 11.1. The fraction of sp³-hybridized carbons (Fsp3) is 0.0690. The Labute approximate surface area is 193 Å². The van der Waals surface area contributed by atoms with Crippen molar-refractivity contribution in [3.05, 3.63) is 115 Å². The summed E-state index contributed by atoms with van der Waals surface area (Å²) in [6.45, 7) is 4.14. The highest BCUT2D eigenvalue weighted by Gasteiger charge is 2.40. The third-order valence-electron chi connectivity index (χ3n) is 6.57. The van der Waals surface area contributed by atoms with Gasteiger partial charge in [-0.15, -0.1) is 0 Å². The van der Waals surface area contributed by atoms with Gasteiger partial charge in [0.1, 0.15) is 0 Å². The molecule has 1 atom stereocenters. The lowest BCUT2D eigenvalue weighted by molar-refractivity contribution is 0.593. The summed E-state index contributed by atoms with van der Waals surface area (Å²) in [6.07, 6.45) is 0. The van der Waals surface area contributed by atoms with Crippen molar-refractivity contribution in [2.45, 2.75) is 13.8 Å². The standard InChI is InChI=1S/C29H23N2OP/c1-20-29(21(2)31(30-20)23-11-5-3-6-12-23)22-17-18-26-25-15-9-10-16-27(25)33(32,28(26)19-22)24-13-7-4-8-14-24/h3-19H,1-2H3. The summed E-state index contributed by atoms with van der Waals surface area (Å²) >= 11 is 0. The van der Waals surface area contributed by atoms with E-state index in [1.807, 2.05) is 78.3 Å². The van der Waals surface area contributed by atoms with Crippen LogP contribution in [0, 0.1) is 13.8 Å². The maximum absolute atomic E-state index is 14.8. The molecule has 0 spiro atoms. The van der Waals surface area contributed by atoms with Crippen molar-refractivity contribution >= 4 is 23.1 Å². The van der Waals surface area contributed by atoms with Gasteiger partial charge in [0, 0.05) is 27.2 Å². The predicted molar refractivity (Wildman–Crippen MR) is 137 cm³/mol. The Kier molecular flexibility index (Phi) is 4.50. The van der Waals surface area contributed by atoms with Crippen molar-refractivity contribution in [1.82, 2.24) is 9.78 Å². The molecule has 4 aromatic carbocycles. The van der Waals surface area contributed by atoms with Gasteiger partial charge < -0.3 is 4.57 Å². The molecule has 1 aliphatic rings. The normalized spacial score (nSPS) is 16.4. The monoisotopic (exact) mass is 446 g/mol. The molecule has 2 heterocycles. The van der Waals surface area contributed by atoms with E-state index in [0.717, 1.165) is 55.2 Å². The second-order valence-electron chi connectivity index (χ2n) is 8.49. The molecule has 0 fully saturated rings. The largest absolute Gasteiger partial charge is 0.309 e. The van der Waals surface area contributed by atoms with Crippen LogP contribution in [-0.4, -0.2) is 9.78 Å². The second-order valence-corrected chi connectivity index (χ2v) is 11.2. The highest BCUT2D eigenvalue weighted by atomic mass is 31.2. The molecule has 0 N–H and O–H groups in total. The van der Waals surface area contributed by atoms with E-state index in [-0.39, 0.29) is 0 Å². The van der Waals surface area contributed by atoms with Crippen LogP contribution in [0.3, 0.4) is 0 Å². The van der Waals surface area contributed by atoms with E-state index in [2.05, 4.69) is 43.3 Å². The quantitative estimate of drug-likeness (QED) is 0.323. The number of rotatable bonds is 3. The number of aromatic nitrogens is 2. The highest BCUT2D eigenvalue weighted by molar-refractivity contribution is 7.86. The maximum atomic E-state index is 14.8. The van der Waals surface area contributed by atoms with Gasteiger partial charge in [0.05, 0.1) is 11.4 Å². The molecule has 3 nitrogen and oxygen atoms in total. The summed E-state index contributed by atoms with van der Waals surface area (Å²) in [5, 5.41) is 7.55. The number of nitrogens with zero attached hydrogens (tertiary/aromatic N) is 2. The van der Waals surface area contributed by atoms with E-state index in [9.17, 15) is 4.57 Å². The number of hydrogen-bond donors (Lipinski definition) is 0. The lowest BCUT2D eigenvalue weighted by Gasteiger charge is -2.16. The minimum Gasteiger partial charge on any atom is -0.309 e. The topological polar surface area (TPSA) is 34.9 Å². The third kappa shape index (κ3) is 2.90. The van der Waals surface area contributed by atoms with E-state index in [1.165, 1.54) is 0 Å². The van der Waals surface area contributed by atoms with Crippen LogP contribution in [0.4, 0.5) is 0 Å². The number of para-hydroxylation sites is 1. The average molecular weight is 446 g/mol. The molecule has 0 saturated heterocycles. The molecule has 4 heteroatoms. The highest BCUT2D eigenvalue weighted by Crippen LogP contribution is 2.52. The zero-order valence-electron chi connectivity index (χ0n) is 18.6. The molecule has 0 aliphatic carbocycles. The van der Waals surface area contributed by atoms with Crippen molar-refractivity contribution in [2.75, 3.05) is 0 Å². The molecule has 0 radical (unpaired) electrons. The fourth-order valence-electron chi connectivity index (χ4n) is 5.08. The number of aryl methyl sites for hydroxylation is 1. The minimum atomic E-state index is -2.96. The van der Waals surface area contributed by atoms with E-state index in [4.69, 9.17) is 5.10 Å². The summed E-state index contributed by atoms with van der Waals surface area (Å²) in [4.78, 5) is 0. The molecule has 1 unspecified atom stereocenters. The van der Waals surface area contributed by atoms with Crippen LogP contribution in [0.5, 0.6) is 0 Å². The Balaban J connectivity index is 1.58. The minimum absolute atomic E-state index is 0.877. The molecule has 1 aliphatic heterocycles. The van der Waals surface area contributed by atoms with Crippen molar-refractivity contribution < 1.29 is 4.57 Å². The summed E-state index contributed by atoms with van der Waals surface area (Å²) < 4.78 is 16.8. The van der Waals surface area contributed by atoms with Crippen molar-refractivity contribution in [3.63, 3.8) is 0 Å². The van der Waals surface area contributed by atoms with Crippen LogP contribution in [0.15, 0.2) is 103 Å². The van der Waals surface area contributed by atoms with Crippen LogP contribution < -0.4 is 15.9 Å². The number of fused-ring (bicyclic) bond motifs is 3. The van der Waals surface area contributed by atoms with Crippen molar-refractivity contribution in [1.29, 1.82) is 0 Å². The Bertz CT molecular complexity index is 1550. The molecule has 160 valence electrons. The predicted octanol–water partition coefficient (Wildman–Crippen LogP) is 5.78. The zero-order valence-corrected chi connectivity index (χ0v) is 19.5. The van der Waals surface area contributed by atoms with E-state index in [1.54, 1.807) is 0 Å². The van der Waals surface area contributed by atoms with Crippen molar-refractivity contribution in [3.8, 4) is 27.9 Å². The van der Waals surface area contributed by atoms with E-state index < -0.39 is 7.14 Å². The van der Waals surface area contributed by atoms with Gasteiger partial charge in [-0.2, -0.15) is 5.10 Å². The van der Waals surface area contributed by atoms with E-state index in [0.29, 0.717) is 0 Å². The van der Waals surface area contributed by atoms with E-state index >= 15 is 0 Å². The van der Waals surface area contributed by atoms with Gasteiger partial charge in [-0.3, -0.25) is 0 Å². The molecule has 33 heavy (non-hydrogen) atoms. The summed E-state index contributed by atoms with van der Waals surface area (Å²) in [6, 6.07) is 34.6. The Hall–Kier alpha value is -3.68. The lowest BCUT2D eigenvalue weighted by atomic mass is 9.99. The Morgan fingerprint density at radius 3 is 2.09 bits per heavy atom. The summed E-state index contributed by atoms with van der Waals surface area (Å²) in [5.74, 6) is 0. The molecule has 0 bridgehead atoms. The summed E-state index contributed by atoms with van der Waals surface area (Å²) in [5.41, 5.74) is 7.34. The smallest absolute Gasteiger partial charge is 0.172 e. The van der Waals surface area contributed by atoms with Gasteiger partial charge in [-0.05, 0) is 48.7 Å². The zero-order chi connectivity index (χ0) is 22.6. The maximum Gasteiger partial charge on any atom is 0.172 e. The van der Waals surface area contributed by atoms with Crippen LogP contribution in [-0.2, 0) is 4.57 Å². The van der Waals surface area contributed by atoms with Crippen LogP contribution in [0.2, 0.25) is 0 Å². The Morgan fingerprint density at radius 2 is 1.33 bits per heavy atom. The number of benzene rings is 4. The third-order valence-corrected chi connectivity index (χ3v) is 9.71. The van der Waals surface area contributed by atoms with Gasteiger partial charge in [-0.25, -0.2) is 4.68 Å². The Morgan fingerprint density at radius 1 is 0.697 bits per heavy atom. The molecule has 6 rings (SSSR count). The van der Waals surface area contributed by atoms with Gasteiger partial charge in [0.25, 0.3) is 0 Å². The first kappa shape index (κ1) is 20.0. The van der Waals surface area contributed by atoms with Gasteiger partial charge >= 0.3 is 0 Å². The second kappa shape index (κ2) is 7.43. The fourth-order valence-corrected chi connectivity index (χ4v) is 8.17. The van der Waals surface area contributed by atoms with Gasteiger partial charge in [0.15, 0.2) is 7.14 Å². The van der Waals surface area contributed by atoms with Crippen LogP contribution >= 0.6 is 7.14 Å². The molecule has 1 aromatic heterocycles. The first-order valence-corrected chi connectivity index (χ1v) is 12.8. The molecule has 0 amide bonds. The van der Waals surface area contributed by atoms with Crippen LogP contribution in [0.1, 0.15) is 11.4 Å². The molecular weight excluding hydrogens is 423 g/mol. The first-order chi connectivity index (χ1) is 16.1. The van der Waals surface area contributed by atoms with Crippen LogP contribution in [0.25, 0.3) is 27.9 Å². The van der Waals surface area contributed by atoms with Gasteiger partial charge in [-0.1, -0.05) is 84.9 Å².